The van der Waals surface area contributed by atoms with Crippen LogP contribution in [0.2, 0.25) is 0 Å². The number of aliphatic hydroxyl groups is 1. The van der Waals surface area contributed by atoms with E-state index in [9.17, 15) is 0 Å². The summed E-state index contributed by atoms with van der Waals surface area (Å²) in [6, 6.07) is 0. The summed E-state index contributed by atoms with van der Waals surface area (Å²) in [6.45, 7) is 8.29. The van der Waals surface area contributed by atoms with Crippen molar-refractivity contribution in [3.63, 3.8) is 0 Å². The van der Waals surface area contributed by atoms with E-state index in [0.717, 1.165) is 19.5 Å². The Morgan fingerprint density at radius 1 is 1.20 bits per heavy atom. The lowest BCUT2D eigenvalue weighted by atomic mass is 9.90. The molecule has 0 aliphatic rings. The van der Waals surface area contributed by atoms with E-state index in [1.165, 1.54) is 0 Å². The molecule has 0 spiro atoms. The minimum atomic E-state index is 0.154. The first-order valence-corrected chi connectivity index (χ1v) is 5.50. The quantitative estimate of drug-likeness (QED) is 0.530. The summed E-state index contributed by atoms with van der Waals surface area (Å²) >= 11 is 0. The fourth-order valence-corrected chi connectivity index (χ4v) is 1.21. The predicted octanol–water partition coefficient (Wildman–Crippen LogP) is 0.648. The highest BCUT2D eigenvalue weighted by molar-refractivity contribution is 4.70. The van der Waals surface area contributed by atoms with Crippen molar-refractivity contribution in [1.82, 2.24) is 5.32 Å². The number of hydrogen-bond acceptors (Lipinski definition) is 4. The highest BCUT2D eigenvalue weighted by atomic mass is 16.5. The number of nitrogens with one attached hydrogen (secondary N) is 1. The van der Waals surface area contributed by atoms with Crippen molar-refractivity contribution >= 4 is 0 Å². The van der Waals surface area contributed by atoms with Crippen molar-refractivity contribution in [1.29, 1.82) is 0 Å². The number of ether oxygens (including phenoxy) is 2. The summed E-state index contributed by atoms with van der Waals surface area (Å²) in [7, 11) is 1.67. The first-order valence-electron chi connectivity index (χ1n) is 5.50. The minimum Gasteiger partial charge on any atom is -0.396 e. The summed E-state index contributed by atoms with van der Waals surface area (Å²) < 4.78 is 10.2. The van der Waals surface area contributed by atoms with Crippen LogP contribution in [0.1, 0.15) is 20.3 Å². The lowest BCUT2D eigenvalue weighted by Gasteiger charge is -2.23. The number of rotatable bonds is 10. The maximum Gasteiger partial charge on any atom is 0.0700 e. The van der Waals surface area contributed by atoms with Crippen molar-refractivity contribution < 1.29 is 14.6 Å². The van der Waals surface area contributed by atoms with Crippen LogP contribution in [-0.2, 0) is 9.47 Å². The molecule has 4 heteroatoms. The Morgan fingerprint density at radius 3 is 2.53 bits per heavy atom. The average Bonchev–Trinajstić information content (AvgIpc) is 2.16. The molecule has 0 fully saturated rings. The van der Waals surface area contributed by atoms with E-state index in [-0.39, 0.29) is 12.0 Å². The van der Waals surface area contributed by atoms with Gasteiger partial charge < -0.3 is 19.9 Å². The maximum absolute atomic E-state index is 8.84. The van der Waals surface area contributed by atoms with Crippen LogP contribution in [0.5, 0.6) is 0 Å². The van der Waals surface area contributed by atoms with Crippen molar-refractivity contribution in [2.24, 2.45) is 5.41 Å². The normalized spacial score (nSPS) is 12.0. The SMILES string of the molecule is COCCOCCNCC(C)(C)CCO. The molecule has 2 N–H and O–H groups in total. The molecule has 92 valence electrons. The van der Waals surface area contributed by atoms with Crippen LogP contribution in [0.25, 0.3) is 0 Å². The van der Waals surface area contributed by atoms with Crippen LogP contribution in [0.15, 0.2) is 0 Å². The molecule has 0 aromatic rings. The van der Waals surface area contributed by atoms with E-state index in [0.29, 0.717) is 19.8 Å². The Hall–Kier alpha value is -0.160. The van der Waals surface area contributed by atoms with Gasteiger partial charge in [0.05, 0.1) is 19.8 Å². The van der Waals surface area contributed by atoms with Gasteiger partial charge in [-0.25, -0.2) is 0 Å². The Kier molecular flexibility index (Phi) is 9.00. The molecule has 0 aromatic heterocycles. The Morgan fingerprint density at radius 2 is 1.93 bits per heavy atom. The highest BCUT2D eigenvalue weighted by Crippen LogP contribution is 2.17. The fourth-order valence-electron chi connectivity index (χ4n) is 1.21. The topological polar surface area (TPSA) is 50.7 Å². The van der Waals surface area contributed by atoms with Gasteiger partial charge in [0.15, 0.2) is 0 Å². The first-order chi connectivity index (χ1) is 7.12. The van der Waals surface area contributed by atoms with Gasteiger partial charge in [-0.1, -0.05) is 13.8 Å². The molecule has 0 unspecified atom stereocenters. The molecular weight excluding hydrogens is 194 g/mol. The van der Waals surface area contributed by atoms with Crippen molar-refractivity contribution in [2.75, 3.05) is 46.6 Å². The summed E-state index contributed by atoms with van der Waals surface area (Å²) in [5.74, 6) is 0. The van der Waals surface area contributed by atoms with Gasteiger partial charge in [-0.15, -0.1) is 0 Å². The first kappa shape index (κ1) is 14.8. The standard InChI is InChI=1S/C11H25NO3/c1-11(2,4-6-13)10-12-5-7-15-9-8-14-3/h12-13H,4-10H2,1-3H3. The third-order valence-electron chi connectivity index (χ3n) is 2.25. The number of hydrogen-bond donors (Lipinski definition) is 2. The molecule has 0 amide bonds. The summed E-state index contributed by atoms with van der Waals surface area (Å²) in [5, 5.41) is 12.1. The van der Waals surface area contributed by atoms with E-state index >= 15 is 0 Å². The summed E-state index contributed by atoms with van der Waals surface area (Å²) in [5.41, 5.74) is 0.154. The van der Waals surface area contributed by atoms with Gasteiger partial charge in [0, 0.05) is 26.8 Å². The number of methoxy groups -OCH3 is 1. The molecule has 0 aromatic carbocycles. The van der Waals surface area contributed by atoms with Crippen LogP contribution >= 0.6 is 0 Å². The third kappa shape index (κ3) is 10.1. The molecule has 0 atom stereocenters. The van der Waals surface area contributed by atoms with Gasteiger partial charge in [0.25, 0.3) is 0 Å². The molecule has 0 bridgehead atoms. The van der Waals surface area contributed by atoms with Crippen LogP contribution in [0.4, 0.5) is 0 Å². The third-order valence-corrected chi connectivity index (χ3v) is 2.25. The zero-order valence-corrected chi connectivity index (χ0v) is 10.2. The van der Waals surface area contributed by atoms with Crippen LogP contribution in [0.3, 0.4) is 0 Å². The highest BCUT2D eigenvalue weighted by Gasteiger charge is 2.15. The van der Waals surface area contributed by atoms with Crippen molar-refractivity contribution in [3.05, 3.63) is 0 Å². The van der Waals surface area contributed by atoms with Gasteiger partial charge in [-0.05, 0) is 11.8 Å². The Balaban J connectivity index is 3.22. The molecular formula is C11H25NO3. The molecule has 15 heavy (non-hydrogen) atoms. The summed E-state index contributed by atoms with van der Waals surface area (Å²) in [6.07, 6.45) is 0.824. The molecule has 0 saturated heterocycles. The molecule has 4 nitrogen and oxygen atoms in total. The van der Waals surface area contributed by atoms with E-state index in [1.54, 1.807) is 7.11 Å². The van der Waals surface area contributed by atoms with E-state index in [4.69, 9.17) is 14.6 Å². The van der Waals surface area contributed by atoms with Gasteiger partial charge >= 0.3 is 0 Å². The Labute approximate surface area is 93.0 Å². The van der Waals surface area contributed by atoms with Crippen molar-refractivity contribution in [2.45, 2.75) is 20.3 Å². The molecule has 0 radical (unpaired) electrons. The maximum atomic E-state index is 8.84. The predicted molar refractivity (Wildman–Crippen MR) is 61.0 cm³/mol. The van der Waals surface area contributed by atoms with Crippen LogP contribution < -0.4 is 5.32 Å². The number of aliphatic hydroxyl groups excluding tert-OH is 1. The fraction of sp³-hybridized carbons (Fsp3) is 1.00. The van der Waals surface area contributed by atoms with Gasteiger partial charge in [0.1, 0.15) is 0 Å². The lowest BCUT2D eigenvalue weighted by molar-refractivity contribution is 0.0708. The smallest absolute Gasteiger partial charge is 0.0700 e. The lowest BCUT2D eigenvalue weighted by Crippen LogP contribution is -2.32. The average molecular weight is 219 g/mol. The van der Waals surface area contributed by atoms with Gasteiger partial charge in [0.2, 0.25) is 0 Å². The van der Waals surface area contributed by atoms with Crippen molar-refractivity contribution in [3.8, 4) is 0 Å². The minimum absolute atomic E-state index is 0.154. The second-order valence-corrected chi connectivity index (χ2v) is 4.42. The van der Waals surface area contributed by atoms with Gasteiger partial charge in [-0.3, -0.25) is 0 Å². The monoisotopic (exact) mass is 219 g/mol. The largest absolute Gasteiger partial charge is 0.396 e. The Bertz CT molecular complexity index is 140. The second-order valence-electron chi connectivity index (χ2n) is 4.42. The van der Waals surface area contributed by atoms with E-state index in [2.05, 4.69) is 19.2 Å². The zero-order valence-electron chi connectivity index (χ0n) is 10.2. The van der Waals surface area contributed by atoms with E-state index in [1.807, 2.05) is 0 Å². The second kappa shape index (κ2) is 9.09. The summed E-state index contributed by atoms with van der Waals surface area (Å²) in [4.78, 5) is 0. The van der Waals surface area contributed by atoms with Crippen LogP contribution in [-0.4, -0.2) is 51.7 Å². The van der Waals surface area contributed by atoms with Gasteiger partial charge in [-0.2, -0.15) is 0 Å². The zero-order chi connectivity index (χ0) is 11.6. The van der Waals surface area contributed by atoms with E-state index < -0.39 is 0 Å². The van der Waals surface area contributed by atoms with Crippen LogP contribution in [0, 0.1) is 5.41 Å². The molecule has 0 rings (SSSR count). The molecule has 0 heterocycles. The molecule has 0 saturated carbocycles. The molecule has 0 aliphatic carbocycles. The molecule has 0 aliphatic heterocycles.